The van der Waals surface area contributed by atoms with Crippen LogP contribution in [0.3, 0.4) is 0 Å². The van der Waals surface area contributed by atoms with E-state index in [9.17, 15) is 26.4 Å². The molecule has 142 valence electrons. The zero-order valence-corrected chi connectivity index (χ0v) is 14.9. The van der Waals surface area contributed by atoms with Crippen LogP contribution < -0.4 is 10.6 Å². The average Bonchev–Trinajstić information content (AvgIpc) is 2.46. The summed E-state index contributed by atoms with van der Waals surface area (Å²) in [5, 5.41) is 6.05. The minimum atomic E-state index is -4.79. The first-order chi connectivity index (χ1) is 11.2. The van der Waals surface area contributed by atoms with E-state index in [-0.39, 0.29) is 30.8 Å². The Balaban J connectivity index is 0.00000312. The Labute approximate surface area is 150 Å². The maximum absolute atomic E-state index is 12.3. The van der Waals surface area contributed by atoms with Gasteiger partial charge >= 0.3 is 6.18 Å². The van der Waals surface area contributed by atoms with Crippen LogP contribution >= 0.6 is 12.4 Å². The molecular weight excluding hydrogens is 381 g/mol. The monoisotopic (exact) mass is 400 g/mol. The van der Waals surface area contributed by atoms with Crippen LogP contribution in [0, 0.1) is 0 Å². The van der Waals surface area contributed by atoms with Crippen molar-refractivity contribution >= 4 is 28.2 Å². The van der Waals surface area contributed by atoms with Crippen LogP contribution in [0.5, 0.6) is 0 Å². The Bertz CT molecular complexity index is 672. The molecule has 1 aliphatic heterocycles. The molecule has 1 aromatic rings. The summed E-state index contributed by atoms with van der Waals surface area (Å²) >= 11 is 0. The Morgan fingerprint density at radius 2 is 1.88 bits per heavy atom. The van der Waals surface area contributed by atoms with Crippen molar-refractivity contribution in [1.82, 2.24) is 10.6 Å². The standard InChI is InChI=1S/C15H19F3N2O3S.ClH/c16-15(17,18)10-24(22,23)13-5-3-11(4-6-13)8-14(21)20-12-2-1-7-19-9-12;/h3-6,12,19H,1-2,7-10H2,(H,20,21);1H/t12-;/m0./s1. The minimum absolute atomic E-state index is 0. The van der Waals surface area contributed by atoms with Crippen LogP contribution in [0.4, 0.5) is 13.2 Å². The summed E-state index contributed by atoms with van der Waals surface area (Å²) in [7, 11) is -4.42. The molecule has 0 aliphatic carbocycles. The lowest BCUT2D eigenvalue weighted by Gasteiger charge is -2.23. The highest BCUT2D eigenvalue weighted by atomic mass is 35.5. The fourth-order valence-electron chi connectivity index (χ4n) is 2.55. The summed E-state index contributed by atoms with van der Waals surface area (Å²) in [6.45, 7) is 1.64. The van der Waals surface area contributed by atoms with Crippen molar-refractivity contribution in [3.05, 3.63) is 29.8 Å². The smallest absolute Gasteiger partial charge is 0.352 e. The molecule has 1 saturated heterocycles. The molecule has 2 rings (SSSR count). The number of piperidine rings is 1. The third-order valence-electron chi connectivity index (χ3n) is 3.66. The van der Waals surface area contributed by atoms with Gasteiger partial charge in [0.05, 0.1) is 11.3 Å². The summed E-state index contributed by atoms with van der Waals surface area (Å²) < 4.78 is 60.1. The number of carbonyl (C=O) groups excluding carboxylic acids is 1. The highest BCUT2D eigenvalue weighted by Crippen LogP contribution is 2.22. The molecule has 0 radical (unpaired) electrons. The van der Waals surface area contributed by atoms with Crippen molar-refractivity contribution in [1.29, 1.82) is 0 Å². The SMILES string of the molecule is Cl.O=C(Cc1ccc(S(=O)(=O)CC(F)(F)F)cc1)N[C@H]1CCCNC1. The maximum atomic E-state index is 12.3. The number of rotatable bonds is 5. The summed E-state index contributed by atoms with van der Waals surface area (Å²) in [6, 6.07) is 5.00. The molecule has 1 amide bonds. The van der Waals surface area contributed by atoms with E-state index in [2.05, 4.69) is 10.6 Å². The Kier molecular flexibility index (Phi) is 7.70. The van der Waals surface area contributed by atoms with Crippen LogP contribution in [0.15, 0.2) is 29.2 Å². The topological polar surface area (TPSA) is 75.3 Å². The van der Waals surface area contributed by atoms with Gasteiger partial charge in [-0.05, 0) is 37.1 Å². The molecule has 0 bridgehead atoms. The highest BCUT2D eigenvalue weighted by Gasteiger charge is 2.35. The van der Waals surface area contributed by atoms with Gasteiger partial charge in [-0.3, -0.25) is 4.79 Å². The van der Waals surface area contributed by atoms with Crippen LogP contribution in [-0.2, 0) is 21.1 Å². The van der Waals surface area contributed by atoms with Gasteiger partial charge in [-0.2, -0.15) is 13.2 Å². The highest BCUT2D eigenvalue weighted by molar-refractivity contribution is 7.91. The molecule has 25 heavy (non-hydrogen) atoms. The van der Waals surface area contributed by atoms with Gasteiger partial charge in [-0.15, -0.1) is 12.4 Å². The first-order valence-electron chi connectivity index (χ1n) is 7.54. The fraction of sp³-hybridized carbons (Fsp3) is 0.533. The van der Waals surface area contributed by atoms with Crippen LogP contribution in [0.1, 0.15) is 18.4 Å². The number of nitrogens with one attached hydrogen (secondary N) is 2. The molecule has 2 N–H and O–H groups in total. The lowest BCUT2D eigenvalue weighted by molar-refractivity contribution is -0.121. The Morgan fingerprint density at radius 1 is 1.24 bits per heavy atom. The van der Waals surface area contributed by atoms with E-state index in [0.717, 1.165) is 31.5 Å². The molecule has 0 saturated carbocycles. The second kappa shape index (κ2) is 8.86. The normalized spacial score (nSPS) is 18.3. The van der Waals surface area contributed by atoms with Crippen molar-refractivity contribution in [2.75, 3.05) is 18.8 Å². The molecule has 1 heterocycles. The maximum Gasteiger partial charge on any atom is 0.403 e. The molecule has 1 atom stereocenters. The zero-order chi connectivity index (χ0) is 17.8. The van der Waals surface area contributed by atoms with Gasteiger partial charge in [-0.25, -0.2) is 8.42 Å². The first-order valence-corrected chi connectivity index (χ1v) is 9.19. The fourth-order valence-corrected chi connectivity index (χ4v) is 3.70. The zero-order valence-electron chi connectivity index (χ0n) is 13.3. The number of benzene rings is 1. The van der Waals surface area contributed by atoms with Gasteiger partial charge in [0.1, 0.15) is 0 Å². The molecule has 5 nitrogen and oxygen atoms in total. The minimum Gasteiger partial charge on any atom is -0.352 e. The largest absolute Gasteiger partial charge is 0.403 e. The lowest BCUT2D eigenvalue weighted by Crippen LogP contribution is -2.46. The predicted octanol–water partition coefficient (Wildman–Crippen LogP) is 1.86. The Morgan fingerprint density at radius 3 is 2.40 bits per heavy atom. The van der Waals surface area contributed by atoms with Crippen molar-refractivity contribution in [2.24, 2.45) is 0 Å². The molecule has 0 unspecified atom stereocenters. The number of sulfone groups is 1. The van der Waals surface area contributed by atoms with Gasteiger partial charge in [-0.1, -0.05) is 12.1 Å². The van der Waals surface area contributed by atoms with Gasteiger partial charge in [0, 0.05) is 12.6 Å². The number of halogens is 4. The second-order valence-corrected chi connectivity index (χ2v) is 7.80. The number of alkyl halides is 3. The van der Waals surface area contributed by atoms with E-state index in [1.807, 2.05) is 0 Å². The van der Waals surface area contributed by atoms with Crippen LogP contribution in [-0.4, -0.2) is 45.4 Å². The number of carbonyl (C=O) groups is 1. The second-order valence-electron chi connectivity index (χ2n) is 5.81. The molecular formula is C15H20ClF3N2O3S. The van der Waals surface area contributed by atoms with Crippen LogP contribution in [0.2, 0.25) is 0 Å². The number of hydrogen-bond acceptors (Lipinski definition) is 4. The summed E-state index contributed by atoms with van der Waals surface area (Å²) in [4.78, 5) is 11.5. The molecule has 1 aliphatic rings. The van der Waals surface area contributed by atoms with Crippen molar-refractivity contribution in [3.8, 4) is 0 Å². The van der Waals surface area contributed by atoms with Crippen molar-refractivity contribution in [3.63, 3.8) is 0 Å². The van der Waals surface area contributed by atoms with E-state index in [1.165, 1.54) is 12.1 Å². The third-order valence-corrected chi connectivity index (χ3v) is 5.36. The number of amides is 1. The predicted molar refractivity (Wildman–Crippen MR) is 89.5 cm³/mol. The van der Waals surface area contributed by atoms with Crippen LogP contribution in [0.25, 0.3) is 0 Å². The van der Waals surface area contributed by atoms with E-state index < -0.39 is 26.7 Å². The van der Waals surface area contributed by atoms with Crippen molar-refractivity contribution in [2.45, 2.75) is 36.4 Å². The summed E-state index contributed by atoms with van der Waals surface area (Å²) in [5.41, 5.74) is 0.544. The molecule has 0 aromatic heterocycles. The Hall–Kier alpha value is -1.32. The quantitative estimate of drug-likeness (QED) is 0.791. The van der Waals surface area contributed by atoms with Crippen molar-refractivity contribution < 1.29 is 26.4 Å². The van der Waals surface area contributed by atoms with Gasteiger partial charge < -0.3 is 10.6 Å². The number of hydrogen-bond donors (Lipinski definition) is 2. The van der Waals surface area contributed by atoms with Gasteiger partial charge in [0.15, 0.2) is 15.6 Å². The third kappa shape index (κ3) is 7.21. The lowest BCUT2D eigenvalue weighted by atomic mass is 10.1. The van der Waals surface area contributed by atoms with E-state index >= 15 is 0 Å². The molecule has 10 heteroatoms. The van der Waals surface area contributed by atoms with Gasteiger partial charge in [0.2, 0.25) is 5.91 Å². The molecule has 1 aromatic carbocycles. The summed E-state index contributed by atoms with van der Waals surface area (Å²) in [6.07, 6.45) is -2.86. The van der Waals surface area contributed by atoms with Gasteiger partial charge in [0.25, 0.3) is 0 Å². The molecule has 0 spiro atoms. The van der Waals surface area contributed by atoms with E-state index in [0.29, 0.717) is 12.1 Å². The molecule has 1 fully saturated rings. The first kappa shape index (κ1) is 21.7. The average molecular weight is 401 g/mol. The summed E-state index contributed by atoms with van der Waals surface area (Å²) in [5.74, 6) is -2.09. The van der Waals surface area contributed by atoms with E-state index in [1.54, 1.807) is 0 Å². The van der Waals surface area contributed by atoms with E-state index in [4.69, 9.17) is 0 Å².